The lowest BCUT2D eigenvalue weighted by Gasteiger charge is -2.20. The van der Waals surface area contributed by atoms with Crippen LogP contribution in [0.1, 0.15) is 30.1 Å². The summed E-state index contributed by atoms with van der Waals surface area (Å²) in [6, 6.07) is 6.97. The summed E-state index contributed by atoms with van der Waals surface area (Å²) in [4.78, 5) is 11.9. The second kappa shape index (κ2) is 5.52. The van der Waals surface area contributed by atoms with Crippen LogP contribution in [-0.4, -0.2) is 24.7 Å². The minimum atomic E-state index is -0.101. The van der Waals surface area contributed by atoms with Gasteiger partial charge in [-0.2, -0.15) is 0 Å². The number of carbonyl (C=O) groups excluding carboxylic acids is 1. The fourth-order valence-electron chi connectivity index (χ4n) is 2.01. The van der Waals surface area contributed by atoms with Gasteiger partial charge in [0.05, 0.1) is 12.1 Å². The van der Waals surface area contributed by atoms with Crippen molar-refractivity contribution in [2.24, 2.45) is 0 Å². The molecule has 1 aromatic carbocycles. The van der Waals surface area contributed by atoms with Crippen molar-refractivity contribution in [3.63, 3.8) is 0 Å². The van der Waals surface area contributed by atoms with E-state index in [9.17, 15) is 4.79 Å². The normalized spacial score (nSPS) is 21.2. The second-order valence-electron chi connectivity index (χ2n) is 4.32. The number of halogens is 1. The van der Waals surface area contributed by atoms with Gasteiger partial charge in [0.1, 0.15) is 0 Å². The molecule has 92 valence electrons. The third-order valence-corrected chi connectivity index (χ3v) is 3.20. The van der Waals surface area contributed by atoms with Gasteiger partial charge in [-0.25, -0.2) is 0 Å². The first-order valence-corrected chi connectivity index (χ1v) is 6.22. The summed E-state index contributed by atoms with van der Waals surface area (Å²) >= 11 is 5.85. The van der Waals surface area contributed by atoms with E-state index in [2.05, 4.69) is 5.32 Å². The largest absolute Gasteiger partial charge is 0.376 e. The van der Waals surface area contributed by atoms with Crippen LogP contribution < -0.4 is 5.32 Å². The Labute approximate surface area is 106 Å². The molecule has 1 amide bonds. The molecule has 0 aromatic heterocycles. The maximum Gasteiger partial charge on any atom is 0.251 e. The zero-order chi connectivity index (χ0) is 12.3. The maximum absolute atomic E-state index is 11.9. The minimum absolute atomic E-state index is 0.0315. The van der Waals surface area contributed by atoms with Crippen molar-refractivity contribution in [2.45, 2.75) is 31.9 Å². The van der Waals surface area contributed by atoms with E-state index in [1.165, 1.54) is 0 Å². The topological polar surface area (TPSA) is 38.3 Å². The van der Waals surface area contributed by atoms with E-state index in [1.54, 1.807) is 24.3 Å². The molecule has 0 aliphatic carbocycles. The van der Waals surface area contributed by atoms with Crippen molar-refractivity contribution in [3.05, 3.63) is 34.9 Å². The molecule has 1 aliphatic rings. The number of rotatable bonds is 3. The molecule has 1 heterocycles. The molecule has 0 radical (unpaired) electrons. The SMILES string of the molecule is C[C@@H](NC(=O)c1cccc(Cl)c1)[C@@H]1CCCO1. The van der Waals surface area contributed by atoms with Gasteiger partial charge >= 0.3 is 0 Å². The monoisotopic (exact) mass is 253 g/mol. The first-order chi connectivity index (χ1) is 8.16. The summed E-state index contributed by atoms with van der Waals surface area (Å²) in [5.41, 5.74) is 0.586. The van der Waals surface area contributed by atoms with Crippen molar-refractivity contribution >= 4 is 17.5 Å². The number of benzene rings is 1. The van der Waals surface area contributed by atoms with Crippen LogP contribution in [0.25, 0.3) is 0 Å². The van der Waals surface area contributed by atoms with Crippen molar-refractivity contribution in [1.29, 1.82) is 0 Å². The molecule has 17 heavy (non-hydrogen) atoms. The molecule has 1 N–H and O–H groups in total. The number of amides is 1. The van der Waals surface area contributed by atoms with Crippen LogP contribution in [0.4, 0.5) is 0 Å². The summed E-state index contributed by atoms with van der Waals surface area (Å²) in [5, 5.41) is 3.51. The van der Waals surface area contributed by atoms with Crippen LogP contribution in [0, 0.1) is 0 Å². The fourth-order valence-corrected chi connectivity index (χ4v) is 2.20. The van der Waals surface area contributed by atoms with Gasteiger partial charge < -0.3 is 10.1 Å². The van der Waals surface area contributed by atoms with Crippen molar-refractivity contribution in [3.8, 4) is 0 Å². The summed E-state index contributed by atoms with van der Waals surface area (Å²) in [7, 11) is 0. The highest BCUT2D eigenvalue weighted by Gasteiger charge is 2.23. The van der Waals surface area contributed by atoms with Gasteiger partial charge in [-0.15, -0.1) is 0 Å². The average molecular weight is 254 g/mol. The van der Waals surface area contributed by atoms with Crippen LogP contribution >= 0.6 is 11.6 Å². The Morgan fingerprint density at radius 1 is 1.59 bits per heavy atom. The summed E-state index contributed by atoms with van der Waals surface area (Å²) in [6.45, 7) is 2.76. The highest BCUT2D eigenvalue weighted by molar-refractivity contribution is 6.30. The van der Waals surface area contributed by atoms with Crippen molar-refractivity contribution in [1.82, 2.24) is 5.32 Å². The van der Waals surface area contributed by atoms with E-state index in [0.717, 1.165) is 19.4 Å². The highest BCUT2D eigenvalue weighted by atomic mass is 35.5. The van der Waals surface area contributed by atoms with Gasteiger partial charge in [0.25, 0.3) is 5.91 Å². The van der Waals surface area contributed by atoms with Gasteiger partial charge in [-0.05, 0) is 38.0 Å². The second-order valence-corrected chi connectivity index (χ2v) is 4.76. The smallest absolute Gasteiger partial charge is 0.251 e. The Morgan fingerprint density at radius 2 is 2.41 bits per heavy atom. The number of nitrogens with one attached hydrogen (secondary N) is 1. The summed E-state index contributed by atoms with van der Waals surface area (Å²) in [6.07, 6.45) is 2.22. The van der Waals surface area contributed by atoms with Crippen molar-refractivity contribution in [2.75, 3.05) is 6.61 Å². The Kier molecular flexibility index (Phi) is 4.02. The van der Waals surface area contributed by atoms with Gasteiger partial charge in [-0.3, -0.25) is 4.79 Å². The third-order valence-electron chi connectivity index (χ3n) is 2.97. The number of hydrogen-bond donors (Lipinski definition) is 1. The van der Waals surface area contributed by atoms with Gasteiger partial charge in [0.2, 0.25) is 0 Å². The van der Waals surface area contributed by atoms with E-state index in [1.807, 2.05) is 6.92 Å². The van der Waals surface area contributed by atoms with Crippen LogP contribution in [0.15, 0.2) is 24.3 Å². The lowest BCUT2D eigenvalue weighted by molar-refractivity contribution is 0.0712. The van der Waals surface area contributed by atoms with Crippen LogP contribution in [0.5, 0.6) is 0 Å². The molecule has 2 rings (SSSR count). The molecule has 0 unspecified atom stereocenters. The Bertz CT molecular complexity index is 402. The minimum Gasteiger partial charge on any atom is -0.376 e. The van der Waals surface area contributed by atoms with E-state index >= 15 is 0 Å². The summed E-state index contributed by atoms with van der Waals surface area (Å²) < 4.78 is 5.53. The Morgan fingerprint density at radius 3 is 3.06 bits per heavy atom. The molecule has 1 aromatic rings. The van der Waals surface area contributed by atoms with Crippen LogP contribution in [0.3, 0.4) is 0 Å². The van der Waals surface area contributed by atoms with E-state index in [-0.39, 0.29) is 18.1 Å². The molecule has 2 atom stereocenters. The molecule has 0 spiro atoms. The molecule has 1 saturated heterocycles. The molecule has 4 heteroatoms. The lowest BCUT2D eigenvalue weighted by Crippen LogP contribution is -2.40. The predicted octanol–water partition coefficient (Wildman–Crippen LogP) is 2.64. The maximum atomic E-state index is 11.9. The Hall–Kier alpha value is -1.06. The molecule has 0 bridgehead atoms. The molecule has 1 fully saturated rings. The molecule has 0 saturated carbocycles. The number of ether oxygens (including phenoxy) is 1. The molecule has 3 nitrogen and oxygen atoms in total. The van der Waals surface area contributed by atoms with E-state index < -0.39 is 0 Å². The first-order valence-electron chi connectivity index (χ1n) is 5.85. The third kappa shape index (κ3) is 3.20. The molecule has 1 aliphatic heterocycles. The number of hydrogen-bond acceptors (Lipinski definition) is 2. The molecular formula is C13H16ClNO2. The highest BCUT2D eigenvalue weighted by Crippen LogP contribution is 2.16. The number of carbonyl (C=O) groups is 1. The average Bonchev–Trinajstić information content (AvgIpc) is 2.82. The zero-order valence-electron chi connectivity index (χ0n) is 9.78. The van der Waals surface area contributed by atoms with E-state index in [0.29, 0.717) is 10.6 Å². The first kappa shape index (κ1) is 12.4. The van der Waals surface area contributed by atoms with Gasteiger partial charge in [0.15, 0.2) is 0 Å². The fraction of sp³-hybridized carbons (Fsp3) is 0.462. The van der Waals surface area contributed by atoms with E-state index in [4.69, 9.17) is 16.3 Å². The Balaban J connectivity index is 1.96. The van der Waals surface area contributed by atoms with Crippen LogP contribution in [-0.2, 0) is 4.74 Å². The molecular weight excluding hydrogens is 238 g/mol. The van der Waals surface area contributed by atoms with Crippen LogP contribution in [0.2, 0.25) is 5.02 Å². The predicted molar refractivity (Wildman–Crippen MR) is 67.4 cm³/mol. The van der Waals surface area contributed by atoms with Crippen molar-refractivity contribution < 1.29 is 9.53 Å². The standard InChI is InChI=1S/C13H16ClNO2/c1-9(12-6-3-7-17-12)15-13(16)10-4-2-5-11(14)8-10/h2,4-5,8-9,12H,3,6-7H2,1H3,(H,15,16)/t9-,12+/m1/s1. The lowest BCUT2D eigenvalue weighted by atomic mass is 10.1. The quantitative estimate of drug-likeness (QED) is 0.899. The van der Waals surface area contributed by atoms with Gasteiger partial charge in [-0.1, -0.05) is 17.7 Å². The summed E-state index contributed by atoms with van der Waals surface area (Å²) in [5.74, 6) is -0.101. The van der Waals surface area contributed by atoms with Gasteiger partial charge in [0, 0.05) is 17.2 Å². The zero-order valence-corrected chi connectivity index (χ0v) is 10.5.